The molecule has 3 rings (SSSR count). The molecule has 0 fully saturated rings. The van der Waals surface area contributed by atoms with Crippen molar-refractivity contribution in [2.24, 2.45) is 0 Å². The molecule has 0 aliphatic heterocycles. The Kier molecular flexibility index (Phi) is 2.68. The van der Waals surface area contributed by atoms with Crippen LogP contribution in [0.4, 0.5) is 0 Å². The second-order valence-electron chi connectivity index (χ2n) is 7.33. The molecule has 102 valence electrons. The summed E-state index contributed by atoms with van der Waals surface area (Å²) in [4.78, 5) is 6.50. The first-order valence-corrected chi connectivity index (χ1v) is 8.35. The fourth-order valence-corrected chi connectivity index (χ4v) is 4.69. The maximum absolute atomic E-state index is 3.58. The molecule has 0 atom stereocenters. The lowest BCUT2D eigenvalue weighted by Crippen LogP contribution is -2.07. The van der Waals surface area contributed by atoms with Gasteiger partial charge in [0, 0.05) is 9.75 Å². The quantitative estimate of drug-likeness (QED) is 0.520. The molecule has 3 heteroatoms. The van der Waals surface area contributed by atoms with E-state index >= 15 is 0 Å². The molecule has 3 aromatic heterocycles. The predicted molar refractivity (Wildman–Crippen MR) is 89.0 cm³/mol. The van der Waals surface area contributed by atoms with Crippen LogP contribution in [0.2, 0.25) is 0 Å². The minimum absolute atomic E-state index is 0.237. The summed E-state index contributed by atoms with van der Waals surface area (Å²) < 4.78 is 2.86. The normalized spacial score (nSPS) is 13.8. The van der Waals surface area contributed by atoms with Gasteiger partial charge in [-0.3, -0.25) is 0 Å². The van der Waals surface area contributed by atoms with Crippen LogP contribution in [0.3, 0.4) is 0 Å². The second-order valence-corrected chi connectivity index (χ2v) is 9.44. The van der Waals surface area contributed by atoms with E-state index in [0.717, 1.165) is 0 Å². The summed E-state index contributed by atoms with van der Waals surface area (Å²) in [5, 5.41) is 0. The van der Waals surface area contributed by atoms with Gasteiger partial charge in [-0.2, -0.15) is 0 Å². The van der Waals surface area contributed by atoms with E-state index in [4.69, 9.17) is 0 Å². The lowest BCUT2D eigenvalue weighted by molar-refractivity contribution is 0.604. The van der Waals surface area contributed by atoms with Crippen LogP contribution < -0.4 is 0 Å². The highest BCUT2D eigenvalue weighted by molar-refractivity contribution is 7.27. The van der Waals surface area contributed by atoms with Crippen LogP contribution in [0.5, 0.6) is 0 Å². The van der Waals surface area contributed by atoms with Gasteiger partial charge in [-0.1, -0.05) is 41.5 Å². The lowest BCUT2D eigenvalue weighted by atomic mass is 9.95. The molecular formula is C16H21NS2. The molecule has 0 bridgehead atoms. The topological polar surface area (TPSA) is 15.8 Å². The summed E-state index contributed by atoms with van der Waals surface area (Å²) in [6, 6.07) is 4.65. The number of rotatable bonds is 0. The van der Waals surface area contributed by atoms with Crippen LogP contribution in [-0.2, 0) is 10.8 Å². The first-order chi connectivity index (χ1) is 8.66. The SMILES string of the molecule is CC(C)(C)c1cc2[nH]c3cc(C(C)(C)C)sc3c2s1. The van der Waals surface area contributed by atoms with Gasteiger partial charge in [-0.05, 0) is 23.0 Å². The molecule has 1 nitrogen and oxygen atoms in total. The van der Waals surface area contributed by atoms with Gasteiger partial charge in [-0.25, -0.2) is 0 Å². The fourth-order valence-electron chi connectivity index (χ4n) is 2.19. The van der Waals surface area contributed by atoms with Crippen LogP contribution in [-0.4, -0.2) is 4.98 Å². The number of nitrogens with one attached hydrogen (secondary N) is 1. The maximum Gasteiger partial charge on any atom is 0.0701 e. The Bertz CT molecular complexity index is 678. The highest BCUT2D eigenvalue weighted by atomic mass is 32.1. The van der Waals surface area contributed by atoms with Gasteiger partial charge in [0.05, 0.1) is 20.4 Å². The number of H-pyrrole nitrogens is 1. The molecule has 0 spiro atoms. The smallest absolute Gasteiger partial charge is 0.0701 e. The van der Waals surface area contributed by atoms with E-state index in [1.807, 2.05) is 22.7 Å². The van der Waals surface area contributed by atoms with E-state index < -0.39 is 0 Å². The van der Waals surface area contributed by atoms with Gasteiger partial charge in [0.15, 0.2) is 0 Å². The summed E-state index contributed by atoms with van der Waals surface area (Å²) in [7, 11) is 0. The molecule has 3 heterocycles. The van der Waals surface area contributed by atoms with Gasteiger partial charge >= 0.3 is 0 Å². The Morgan fingerprint density at radius 2 is 1.11 bits per heavy atom. The van der Waals surface area contributed by atoms with Crippen LogP contribution >= 0.6 is 22.7 Å². The summed E-state index contributed by atoms with van der Waals surface area (Å²) in [6.45, 7) is 13.7. The molecule has 3 aromatic rings. The van der Waals surface area contributed by atoms with E-state index in [-0.39, 0.29) is 10.8 Å². The standard InChI is InChI=1S/C16H21NS2/c1-15(2,3)11-7-9-13(18-11)14-10(17-9)8-12(19-14)16(4,5)6/h7-8,17H,1-6H3. The van der Waals surface area contributed by atoms with Crippen molar-refractivity contribution in [2.45, 2.75) is 52.4 Å². The molecule has 0 radical (unpaired) electrons. The molecule has 0 aromatic carbocycles. The zero-order valence-corrected chi connectivity index (χ0v) is 14.1. The number of fused-ring (bicyclic) bond motifs is 3. The van der Waals surface area contributed by atoms with Crippen LogP contribution in [0.25, 0.3) is 20.4 Å². The van der Waals surface area contributed by atoms with Crippen molar-refractivity contribution < 1.29 is 0 Å². The van der Waals surface area contributed by atoms with Crippen molar-refractivity contribution in [2.75, 3.05) is 0 Å². The largest absolute Gasteiger partial charge is 0.353 e. The Balaban J connectivity index is 2.22. The summed E-state index contributed by atoms with van der Waals surface area (Å²) >= 11 is 3.89. The third kappa shape index (κ3) is 2.13. The summed E-state index contributed by atoms with van der Waals surface area (Å²) in [5.74, 6) is 0. The molecular weight excluding hydrogens is 270 g/mol. The van der Waals surface area contributed by atoms with E-state index in [1.165, 1.54) is 30.2 Å². The fraction of sp³-hybridized carbons (Fsp3) is 0.500. The van der Waals surface area contributed by atoms with Crippen molar-refractivity contribution in [3.8, 4) is 0 Å². The molecule has 0 unspecified atom stereocenters. The van der Waals surface area contributed by atoms with Crippen molar-refractivity contribution in [3.05, 3.63) is 21.9 Å². The van der Waals surface area contributed by atoms with Gasteiger partial charge in [-0.15, -0.1) is 22.7 Å². The first-order valence-electron chi connectivity index (χ1n) is 6.72. The van der Waals surface area contributed by atoms with E-state index in [9.17, 15) is 0 Å². The molecule has 0 saturated heterocycles. The Morgan fingerprint density at radius 3 is 1.42 bits per heavy atom. The van der Waals surface area contributed by atoms with Gasteiger partial charge in [0.2, 0.25) is 0 Å². The van der Waals surface area contributed by atoms with Gasteiger partial charge in [0.1, 0.15) is 0 Å². The Labute approximate surface area is 122 Å². The van der Waals surface area contributed by atoms with Crippen LogP contribution in [0.15, 0.2) is 12.1 Å². The average molecular weight is 291 g/mol. The number of hydrogen-bond donors (Lipinski definition) is 1. The molecule has 0 aliphatic rings. The zero-order chi connectivity index (χ0) is 14.0. The number of hydrogen-bond acceptors (Lipinski definition) is 2. The average Bonchev–Trinajstić information content (AvgIpc) is 2.81. The molecule has 0 amide bonds. The maximum atomic E-state index is 3.58. The molecule has 0 saturated carbocycles. The van der Waals surface area contributed by atoms with Gasteiger partial charge < -0.3 is 4.98 Å². The molecule has 0 aliphatic carbocycles. The van der Waals surface area contributed by atoms with Crippen LogP contribution in [0.1, 0.15) is 51.3 Å². The highest BCUT2D eigenvalue weighted by Gasteiger charge is 2.22. The number of aromatic nitrogens is 1. The summed E-state index contributed by atoms with van der Waals surface area (Å²) in [6.07, 6.45) is 0. The van der Waals surface area contributed by atoms with E-state index in [0.29, 0.717) is 0 Å². The zero-order valence-electron chi connectivity index (χ0n) is 12.5. The third-order valence-electron chi connectivity index (χ3n) is 3.42. The van der Waals surface area contributed by atoms with Crippen molar-refractivity contribution in [3.63, 3.8) is 0 Å². The van der Waals surface area contributed by atoms with Gasteiger partial charge in [0.25, 0.3) is 0 Å². The second kappa shape index (κ2) is 3.86. The van der Waals surface area contributed by atoms with E-state index in [1.54, 1.807) is 0 Å². The Hall–Kier alpha value is -0.800. The Morgan fingerprint density at radius 1 is 0.737 bits per heavy atom. The van der Waals surface area contributed by atoms with Crippen molar-refractivity contribution in [1.82, 2.24) is 4.98 Å². The first kappa shape index (κ1) is 13.2. The number of aromatic amines is 1. The molecule has 19 heavy (non-hydrogen) atoms. The lowest BCUT2D eigenvalue weighted by Gasteiger charge is -2.15. The summed E-state index contributed by atoms with van der Waals surface area (Å²) in [5.41, 5.74) is 3.08. The van der Waals surface area contributed by atoms with Crippen LogP contribution in [0, 0.1) is 0 Å². The number of thiophene rings is 2. The monoisotopic (exact) mass is 291 g/mol. The predicted octanol–water partition coefficient (Wildman–Crippen LogP) is 6.04. The minimum atomic E-state index is 0.237. The van der Waals surface area contributed by atoms with Crippen molar-refractivity contribution >= 4 is 43.1 Å². The van der Waals surface area contributed by atoms with Crippen molar-refractivity contribution in [1.29, 1.82) is 0 Å². The van der Waals surface area contributed by atoms with E-state index in [2.05, 4.69) is 58.7 Å². The highest BCUT2D eigenvalue weighted by Crippen LogP contribution is 2.43. The third-order valence-corrected chi connectivity index (χ3v) is 6.70. The minimum Gasteiger partial charge on any atom is -0.353 e. The molecule has 1 N–H and O–H groups in total.